The molecule has 0 amide bonds. The van der Waals surface area contributed by atoms with E-state index in [0.717, 1.165) is 12.8 Å². The summed E-state index contributed by atoms with van der Waals surface area (Å²) in [5, 5.41) is 0. The summed E-state index contributed by atoms with van der Waals surface area (Å²) in [7, 11) is -3.18. The van der Waals surface area contributed by atoms with Crippen LogP contribution in [-0.2, 0) is 10.0 Å². The van der Waals surface area contributed by atoms with Gasteiger partial charge >= 0.3 is 0 Å². The second kappa shape index (κ2) is 6.95. The van der Waals surface area contributed by atoms with Crippen LogP contribution in [0.25, 0.3) is 0 Å². The van der Waals surface area contributed by atoms with Gasteiger partial charge in [0.25, 0.3) is 0 Å². The molecule has 0 heterocycles. The Morgan fingerprint density at radius 1 is 1.24 bits per heavy atom. The number of hydrogen-bond acceptors (Lipinski definition) is 2. The summed E-state index contributed by atoms with van der Waals surface area (Å²) in [6.07, 6.45) is 6.05. The van der Waals surface area contributed by atoms with Crippen molar-refractivity contribution < 1.29 is 8.42 Å². The van der Waals surface area contributed by atoms with Crippen LogP contribution in [0.15, 0.2) is 0 Å². The Labute approximate surface area is 110 Å². The van der Waals surface area contributed by atoms with Crippen LogP contribution in [0.5, 0.6) is 0 Å². The van der Waals surface area contributed by atoms with Crippen LogP contribution in [0.3, 0.4) is 0 Å². The van der Waals surface area contributed by atoms with Crippen molar-refractivity contribution in [2.24, 2.45) is 11.8 Å². The van der Waals surface area contributed by atoms with E-state index in [9.17, 15) is 8.42 Å². The summed E-state index contributed by atoms with van der Waals surface area (Å²) in [5.41, 5.74) is 0. The lowest BCUT2D eigenvalue weighted by Crippen LogP contribution is -2.41. The van der Waals surface area contributed by atoms with Crippen molar-refractivity contribution >= 4 is 21.6 Å². The van der Waals surface area contributed by atoms with Gasteiger partial charge in [-0.05, 0) is 31.6 Å². The molecule has 0 aliphatic heterocycles. The Morgan fingerprint density at radius 3 is 2.35 bits per heavy atom. The molecular weight excluding hydrogens is 258 g/mol. The van der Waals surface area contributed by atoms with Crippen LogP contribution in [0.1, 0.15) is 46.0 Å². The van der Waals surface area contributed by atoms with E-state index < -0.39 is 10.0 Å². The van der Waals surface area contributed by atoms with Gasteiger partial charge < -0.3 is 0 Å². The van der Waals surface area contributed by atoms with E-state index in [-0.39, 0.29) is 17.7 Å². The largest absolute Gasteiger partial charge is 0.212 e. The molecule has 3 nitrogen and oxygen atoms in total. The SMILES string of the molecule is CC(CCl)CS(=O)(=O)N[C@@H](C)C1CCCCC1. The van der Waals surface area contributed by atoms with Gasteiger partial charge in [-0.3, -0.25) is 0 Å². The number of rotatable bonds is 6. The molecule has 0 aromatic heterocycles. The summed E-state index contributed by atoms with van der Waals surface area (Å²) in [6.45, 7) is 3.84. The topological polar surface area (TPSA) is 46.2 Å². The minimum absolute atomic E-state index is 0.00715. The monoisotopic (exact) mass is 281 g/mol. The van der Waals surface area contributed by atoms with E-state index in [0.29, 0.717) is 11.8 Å². The number of halogens is 1. The lowest BCUT2D eigenvalue weighted by atomic mass is 9.85. The van der Waals surface area contributed by atoms with Gasteiger partial charge in [0.1, 0.15) is 0 Å². The first-order chi connectivity index (χ1) is 7.94. The van der Waals surface area contributed by atoms with Crippen LogP contribution in [-0.4, -0.2) is 26.1 Å². The van der Waals surface area contributed by atoms with E-state index >= 15 is 0 Å². The van der Waals surface area contributed by atoms with E-state index in [2.05, 4.69) is 4.72 Å². The molecule has 1 fully saturated rings. The van der Waals surface area contributed by atoms with Gasteiger partial charge in [-0.1, -0.05) is 26.2 Å². The lowest BCUT2D eigenvalue weighted by Gasteiger charge is -2.28. The summed E-state index contributed by atoms with van der Waals surface area (Å²) >= 11 is 5.65. The van der Waals surface area contributed by atoms with Crippen molar-refractivity contribution in [3.05, 3.63) is 0 Å². The summed E-state index contributed by atoms with van der Waals surface area (Å²) in [5.74, 6) is 1.03. The van der Waals surface area contributed by atoms with Crippen molar-refractivity contribution in [3.63, 3.8) is 0 Å². The van der Waals surface area contributed by atoms with E-state index in [1.54, 1.807) is 0 Å². The van der Waals surface area contributed by atoms with Crippen LogP contribution < -0.4 is 4.72 Å². The first kappa shape index (κ1) is 15.3. The fraction of sp³-hybridized carbons (Fsp3) is 1.00. The third-order valence-electron chi connectivity index (χ3n) is 3.49. The molecule has 2 atom stereocenters. The standard InChI is InChI=1S/C12H24ClNO2S/c1-10(8-13)9-17(15,16)14-11(2)12-6-4-3-5-7-12/h10-12,14H,3-9H2,1-2H3/t10?,11-/m0/s1. The molecule has 0 radical (unpaired) electrons. The van der Waals surface area contributed by atoms with Crippen molar-refractivity contribution in [2.45, 2.75) is 52.0 Å². The highest BCUT2D eigenvalue weighted by Gasteiger charge is 2.24. The minimum atomic E-state index is -3.18. The highest BCUT2D eigenvalue weighted by molar-refractivity contribution is 7.89. The predicted molar refractivity (Wildman–Crippen MR) is 72.8 cm³/mol. The van der Waals surface area contributed by atoms with Crippen LogP contribution >= 0.6 is 11.6 Å². The Hall–Kier alpha value is 0.200. The zero-order chi connectivity index (χ0) is 12.9. The zero-order valence-electron chi connectivity index (χ0n) is 10.8. The smallest absolute Gasteiger partial charge is 0.212 e. The van der Waals surface area contributed by atoms with E-state index in [1.165, 1.54) is 19.3 Å². The first-order valence-electron chi connectivity index (χ1n) is 6.50. The molecule has 1 unspecified atom stereocenters. The van der Waals surface area contributed by atoms with Crippen molar-refractivity contribution in [1.29, 1.82) is 0 Å². The van der Waals surface area contributed by atoms with Gasteiger partial charge in [0.2, 0.25) is 10.0 Å². The summed E-state index contributed by atoms with van der Waals surface area (Å²) in [4.78, 5) is 0. The van der Waals surface area contributed by atoms with Crippen molar-refractivity contribution in [1.82, 2.24) is 4.72 Å². The molecule has 1 rings (SSSR count). The van der Waals surface area contributed by atoms with E-state index in [4.69, 9.17) is 11.6 Å². The van der Waals surface area contributed by atoms with Gasteiger partial charge in [0, 0.05) is 11.9 Å². The Morgan fingerprint density at radius 2 is 1.82 bits per heavy atom. The van der Waals surface area contributed by atoms with Gasteiger partial charge in [-0.2, -0.15) is 0 Å². The Bertz CT molecular complexity index is 312. The third-order valence-corrected chi connectivity index (χ3v) is 5.76. The average molecular weight is 282 g/mol. The second-order valence-corrected chi connectivity index (χ2v) is 7.45. The maximum atomic E-state index is 11.9. The molecule has 102 valence electrons. The number of nitrogens with one attached hydrogen (secondary N) is 1. The van der Waals surface area contributed by atoms with Gasteiger partial charge in [-0.15, -0.1) is 11.6 Å². The highest BCUT2D eigenvalue weighted by atomic mass is 35.5. The molecule has 0 bridgehead atoms. The molecule has 5 heteroatoms. The maximum Gasteiger partial charge on any atom is 0.212 e. The highest BCUT2D eigenvalue weighted by Crippen LogP contribution is 2.26. The molecule has 0 aromatic carbocycles. The molecule has 1 aliphatic rings. The molecular formula is C12H24ClNO2S. The summed E-state index contributed by atoms with van der Waals surface area (Å²) in [6, 6.07) is 0.0582. The van der Waals surface area contributed by atoms with Gasteiger partial charge in [0.15, 0.2) is 0 Å². The first-order valence-corrected chi connectivity index (χ1v) is 8.69. The quantitative estimate of drug-likeness (QED) is 0.761. The molecule has 0 spiro atoms. The lowest BCUT2D eigenvalue weighted by molar-refractivity contribution is 0.303. The van der Waals surface area contributed by atoms with Crippen molar-refractivity contribution in [2.75, 3.05) is 11.6 Å². The maximum absolute atomic E-state index is 11.9. The Balaban J connectivity index is 2.45. The molecule has 1 saturated carbocycles. The molecule has 1 N–H and O–H groups in total. The van der Waals surface area contributed by atoms with E-state index in [1.807, 2.05) is 13.8 Å². The normalized spacial score (nSPS) is 22.3. The molecule has 0 saturated heterocycles. The molecule has 1 aliphatic carbocycles. The minimum Gasteiger partial charge on any atom is -0.212 e. The molecule has 17 heavy (non-hydrogen) atoms. The average Bonchev–Trinajstić information content (AvgIpc) is 2.28. The van der Waals surface area contributed by atoms with Gasteiger partial charge in [0.05, 0.1) is 5.75 Å². The number of sulfonamides is 1. The predicted octanol–water partition coefficient (Wildman–Crippen LogP) is 2.75. The third kappa shape index (κ3) is 5.58. The Kier molecular flexibility index (Phi) is 6.24. The number of hydrogen-bond donors (Lipinski definition) is 1. The summed E-state index contributed by atoms with van der Waals surface area (Å²) < 4.78 is 26.6. The zero-order valence-corrected chi connectivity index (χ0v) is 12.4. The van der Waals surface area contributed by atoms with Gasteiger partial charge in [-0.25, -0.2) is 13.1 Å². The van der Waals surface area contributed by atoms with Crippen molar-refractivity contribution in [3.8, 4) is 0 Å². The molecule has 0 aromatic rings. The second-order valence-electron chi connectivity index (χ2n) is 5.35. The van der Waals surface area contributed by atoms with Crippen LogP contribution in [0.4, 0.5) is 0 Å². The number of alkyl halides is 1. The van der Waals surface area contributed by atoms with Crippen LogP contribution in [0.2, 0.25) is 0 Å². The fourth-order valence-electron chi connectivity index (χ4n) is 2.48. The fourth-order valence-corrected chi connectivity index (χ4v) is 4.44. The van der Waals surface area contributed by atoms with Crippen LogP contribution in [0, 0.1) is 11.8 Å².